The third-order valence-electron chi connectivity index (χ3n) is 2.96. The Morgan fingerprint density at radius 1 is 1.19 bits per heavy atom. The van der Waals surface area contributed by atoms with Gasteiger partial charge in [-0.1, -0.05) is 19.9 Å². The van der Waals surface area contributed by atoms with Gasteiger partial charge in [0.05, 0.1) is 5.52 Å². The van der Waals surface area contributed by atoms with Crippen LogP contribution in [-0.2, 0) is 0 Å². The molecule has 1 aromatic carbocycles. The van der Waals surface area contributed by atoms with E-state index in [-0.39, 0.29) is 0 Å². The summed E-state index contributed by atoms with van der Waals surface area (Å²) in [5.74, 6) is 0. The van der Waals surface area contributed by atoms with Crippen molar-refractivity contribution in [3.05, 3.63) is 36.5 Å². The first kappa shape index (κ1) is 10.9. The van der Waals surface area contributed by atoms with Crippen molar-refractivity contribution in [3.63, 3.8) is 0 Å². The summed E-state index contributed by atoms with van der Waals surface area (Å²) < 4.78 is 0. The van der Waals surface area contributed by atoms with Crippen molar-refractivity contribution < 1.29 is 0 Å². The molecule has 0 saturated heterocycles. The Morgan fingerprint density at radius 3 is 2.75 bits per heavy atom. The standard InChI is InChI=1S/C14H18N2/c1-3-12(4-2)16-13-7-8-14-11(10-13)6-5-9-15-14/h5-10,12,16H,3-4H2,1-2H3. The van der Waals surface area contributed by atoms with E-state index in [1.807, 2.05) is 12.3 Å². The van der Waals surface area contributed by atoms with Gasteiger partial charge in [-0.3, -0.25) is 4.98 Å². The summed E-state index contributed by atoms with van der Waals surface area (Å²) in [7, 11) is 0. The van der Waals surface area contributed by atoms with Gasteiger partial charge in [-0.05, 0) is 37.1 Å². The first-order valence-corrected chi connectivity index (χ1v) is 5.94. The van der Waals surface area contributed by atoms with Crippen LogP contribution in [0, 0.1) is 0 Å². The van der Waals surface area contributed by atoms with Gasteiger partial charge < -0.3 is 5.32 Å². The molecule has 0 radical (unpaired) electrons. The van der Waals surface area contributed by atoms with E-state index in [0.29, 0.717) is 6.04 Å². The average molecular weight is 214 g/mol. The van der Waals surface area contributed by atoms with Crippen molar-refractivity contribution in [1.29, 1.82) is 0 Å². The van der Waals surface area contributed by atoms with Crippen LogP contribution in [0.15, 0.2) is 36.5 Å². The molecular formula is C14H18N2. The Bertz CT molecular complexity index is 461. The van der Waals surface area contributed by atoms with Crippen LogP contribution < -0.4 is 5.32 Å². The summed E-state index contributed by atoms with van der Waals surface area (Å²) in [5, 5.41) is 4.74. The average Bonchev–Trinajstić information content (AvgIpc) is 2.35. The lowest BCUT2D eigenvalue weighted by Crippen LogP contribution is -2.16. The number of nitrogens with one attached hydrogen (secondary N) is 1. The highest BCUT2D eigenvalue weighted by molar-refractivity contribution is 5.82. The number of pyridine rings is 1. The van der Waals surface area contributed by atoms with E-state index in [1.165, 1.54) is 11.1 Å². The van der Waals surface area contributed by atoms with Crippen molar-refractivity contribution in [2.45, 2.75) is 32.7 Å². The molecule has 84 valence electrons. The van der Waals surface area contributed by atoms with Crippen LogP contribution in [0.3, 0.4) is 0 Å². The third kappa shape index (κ3) is 2.32. The molecule has 0 bridgehead atoms. The van der Waals surface area contributed by atoms with Gasteiger partial charge in [-0.15, -0.1) is 0 Å². The smallest absolute Gasteiger partial charge is 0.0703 e. The van der Waals surface area contributed by atoms with Crippen LogP contribution in [0.2, 0.25) is 0 Å². The predicted octanol–water partition coefficient (Wildman–Crippen LogP) is 3.84. The van der Waals surface area contributed by atoms with Crippen LogP contribution in [0.4, 0.5) is 5.69 Å². The van der Waals surface area contributed by atoms with Crippen molar-refractivity contribution in [3.8, 4) is 0 Å². The molecule has 2 nitrogen and oxygen atoms in total. The summed E-state index contributed by atoms with van der Waals surface area (Å²) in [5.41, 5.74) is 2.24. The topological polar surface area (TPSA) is 24.9 Å². The molecule has 1 aromatic heterocycles. The molecule has 0 amide bonds. The van der Waals surface area contributed by atoms with Crippen molar-refractivity contribution >= 4 is 16.6 Å². The van der Waals surface area contributed by atoms with Gasteiger partial charge in [0.25, 0.3) is 0 Å². The molecule has 0 atom stereocenters. The zero-order chi connectivity index (χ0) is 11.4. The van der Waals surface area contributed by atoms with E-state index in [2.05, 4.69) is 48.4 Å². The van der Waals surface area contributed by atoms with Crippen LogP contribution in [-0.4, -0.2) is 11.0 Å². The zero-order valence-electron chi connectivity index (χ0n) is 9.90. The fourth-order valence-corrected chi connectivity index (χ4v) is 1.89. The zero-order valence-corrected chi connectivity index (χ0v) is 9.90. The van der Waals surface area contributed by atoms with E-state index in [0.717, 1.165) is 18.4 Å². The maximum absolute atomic E-state index is 4.31. The molecule has 1 N–H and O–H groups in total. The largest absolute Gasteiger partial charge is 0.382 e. The molecule has 1 heterocycles. The lowest BCUT2D eigenvalue weighted by Gasteiger charge is -2.16. The van der Waals surface area contributed by atoms with Gasteiger partial charge in [0.2, 0.25) is 0 Å². The number of nitrogens with zero attached hydrogens (tertiary/aromatic N) is 1. The van der Waals surface area contributed by atoms with Crippen molar-refractivity contribution in [2.24, 2.45) is 0 Å². The Hall–Kier alpha value is -1.57. The quantitative estimate of drug-likeness (QED) is 0.836. The van der Waals surface area contributed by atoms with Crippen LogP contribution >= 0.6 is 0 Å². The number of rotatable bonds is 4. The number of hydrogen-bond donors (Lipinski definition) is 1. The highest BCUT2D eigenvalue weighted by Crippen LogP contribution is 2.18. The fourth-order valence-electron chi connectivity index (χ4n) is 1.89. The van der Waals surface area contributed by atoms with E-state index >= 15 is 0 Å². The van der Waals surface area contributed by atoms with Gasteiger partial charge in [-0.25, -0.2) is 0 Å². The lowest BCUT2D eigenvalue weighted by molar-refractivity contribution is 0.672. The minimum atomic E-state index is 0.564. The van der Waals surface area contributed by atoms with Crippen LogP contribution in [0.1, 0.15) is 26.7 Å². The molecule has 0 aliphatic rings. The summed E-state index contributed by atoms with van der Waals surface area (Å²) in [6.45, 7) is 4.42. The maximum Gasteiger partial charge on any atom is 0.0703 e. The van der Waals surface area contributed by atoms with E-state index in [1.54, 1.807) is 0 Å². The highest BCUT2D eigenvalue weighted by atomic mass is 14.9. The first-order chi connectivity index (χ1) is 7.83. The van der Waals surface area contributed by atoms with E-state index < -0.39 is 0 Å². The van der Waals surface area contributed by atoms with Gasteiger partial charge in [-0.2, -0.15) is 0 Å². The molecule has 2 aromatic rings. The Labute approximate surface area is 96.7 Å². The molecule has 0 unspecified atom stereocenters. The Morgan fingerprint density at radius 2 is 2.00 bits per heavy atom. The van der Waals surface area contributed by atoms with Crippen LogP contribution in [0.25, 0.3) is 10.9 Å². The van der Waals surface area contributed by atoms with E-state index in [9.17, 15) is 0 Å². The molecule has 2 heteroatoms. The van der Waals surface area contributed by atoms with Crippen molar-refractivity contribution in [1.82, 2.24) is 4.98 Å². The molecule has 0 saturated carbocycles. The minimum Gasteiger partial charge on any atom is -0.382 e. The number of benzene rings is 1. The number of aromatic nitrogens is 1. The first-order valence-electron chi connectivity index (χ1n) is 5.94. The predicted molar refractivity (Wildman–Crippen MR) is 69.7 cm³/mol. The Kier molecular flexibility index (Phi) is 3.40. The van der Waals surface area contributed by atoms with Gasteiger partial charge in [0.15, 0.2) is 0 Å². The Balaban J connectivity index is 2.25. The van der Waals surface area contributed by atoms with Crippen LogP contribution in [0.5, 0.6) is 0 Å². The maximum atomic E-state index is 4.31. The normalized spacial score (nSPS) is 10.9. The SMILES string of the molecule is CCC(CC)Nc1ccc2ncccc2c1. The molecular weight excluding hydrogens is 196 g/mol. The second kappa shape index (κ2) is 4.97. The van der Waals surface area contributed by atoms with Crippen molar-refractivity contribution in [2.75, 3.05) is 5.32 Å². The molecule has 0 aliphatic carbocycles. The number of hydrogen-bond acceptors (Lipinski definition) is 2. The minimum absolute atomic E-state index is 0.564. The second-order valence-corrected chi connectivity index (χ2v) is 4.07. The molecule has 2 rings (SSSR count). The van der Waals surface area contributed by atoms with Gasteiger partial charge >= 0.3 is 0 Å². The highest BCUT2D eigenvalue weighted by Gasteiger charge is 2.03. The monoisotopic (exact) mass is 214 g/mol. The second-order valence-electron chi connectivity index (χ2n) is 4.07. The molecule has 0 spiro atoms. The summed E-state index contributed by atoms with van der Waals surface area (Å²) >= 11 is 0. The summed E-state index contributed by atoms with van der Waals surface area (Å²) in [6, 6.07) is 11.0. The third-order valence-corrected chi connectivity index (χ3v) is 2.96. The fraction of sp³-hybridized carbons (Fsp3) is 0.357. The molecule has 16 heavy (non-hydrogen) atoms. The molecule has 0 aliphatic heterocycles. The van der Waals surface area contributed by atoms with E-state index in [4.69, 9.17) is 0 Å². The number of fused-ring (bicyclic) bond motifs is 1. The molecule has 0 fully saturated rings. The van der Waals surface area contributed by atoms with Gasteiger partial charge in [0.1, 0.15) is 0 Å². The summed E-state index contributed by atoms with van der Waals surface area (Å²) in [6.07, 6.45) is 4.14. The lowest BCUT2D eigenvalue weighted by atomic mass is 10.1. The van der Waals surface area contributed by atoms with Gasteiger partial charge in [0, 0.05) is 23.3 Å². The number of anilines is 1. The summed E-state index contributed by atoms with van der Waals surface area (Å²) in [4.78, 5) is 4.31.